The van der Waals surface area contributed by atoms with Gasteiger partial charge in [0.05, 0.1) is 0 Å². The summed E-state index contributed by atoms with van der Waals surface area (Å²) < 4.78 is 0. The first kappa shape index (κ1) is 12.3. The zero-order valence-electron chi connectivity index (χ0n) is 6.10. The van der Waals surface area contributed by atoms with Crippen LogP contribution in [0.5, 0.6) is 0 Å². The highest BCUT2D eigenvalue weighted by Gasteiger charge is 1.83. The third-order valence-electron chi connectivity index (χ3n) is 1.20. The average molecular weight is 163 g/mol. The van der Waals surface area contributed by atoms with E-state index in [1.165, 1.54) is 12.4 Å². The second kappa shape index (κ2) is 11.4. The Hall–Kier alpha value is -0.370. The van der Waals surface area contributed by atoms with Gasteiger partial charge in [-0.15, -0.1) is 12.4 Å². The van der Waals surface area contributed by atoms with E-state index in [-0.39, 0.29) is 12.4 Å². The summed E-state index contributed by atoms with van der Waals surface area (Å²) in [6.07, 6.45) is 8.07. The van der Waals surface area contributed by atoms with Crippen molar-refractivity contribution in [3.05, 3.63) is 0 Å². The molecule has 0 aliphatic carbocycles. The fraction of sp³-hybridized carbons (Fsp3) is 0.714. The lowest BCUT2D eigenvalue weighted by Gasteiger charge is -1.91. The van der Waals surface area contributed by atoms with E-state index in [1.807, 2.05) is 0 Å². The third-order valence-corrected chi connectivity index (χ3v) is 1.20. The van der Waals surface area contributed by atoms with Crippen molar-refractivity contribution in [3.63, 3.8) is 0 Å². The first-order valence-electron chi connectivity index (χ1n) is 3.39. The third kappa shape index (κ3) is 10.6. The summed E-state index contributed by atoms with van der Waals surface area (Å²) in [4.78, 5) is 0. The standard InChI is InChI=1S/C7H14N2.ClH/c8-6-4-2-1-3-5-7-9;/h6-9H,1-5H2;1H. The summed E-state index contributed by atoms with van der Waals surface area (Å²) in [6, 6.07) is 0. The van der Waals surface area contributed by atoms with E-state index in [9.17, 15) is 0 Å². The Morgan fingerprint density at radius 3 is 1.50 bits per heavy atom. The van der Waals surface area contributed by atoms with Crippen molar-refractivity contribution >= 4 is 24.8 Å². The van der Waals surface area contributed by atoms with Crippen LogP contribution in [0.3, 0.4) is 0 Å². The van der Waals surface area contributed by atoms with Gasteiger partial charge in [0.15, 0.2) is 0 Å². The minimum Gasteiger partial charge on any atom is -0.313 e. The van der Waals surface area contributed by atoms with Gasteiger partial charge in [0, 0.05) is 0 Å². The lowest BCUT2D eigenvalue weighted by Crippen LogP contribution is -1.78. The molecule has 0 aromatic heterocycles. The van der Waals surface area contributed by atoms with E-state index in [1.54, 1.807) is 0 Å². The fourth-order valence-electron chi connectivity index (χ4n) is 0.670. The Morgan fingerprint density at radius 1 is 0.800 bits per heavy atom. The molecule has 0 unspecified atom stereocenters. The molecular weight excluding hydrogens is 148 g/mol. The van der Waals surface area contributed by atoms with Crippen LogP contribution in [-0.2, 0) is 0 Å². The van der Waals surface area contributed by atoms with Crippen LogP contribution < -0.4 is 0 Å². The van der Waals surface area contributed by atoms with Gasteiger partial charge in [0.1, 0.15) is 0 Å². The predicted octanol–water partition coefficient (Wildman–Crippen LogP) is 2.66. The van der Waals surface area contributed by atoms with Crippen molar-refractivity contribution < 1.29 is 0 Å². The van der Waals surface area contributed by atoms with E-state index in [0.717, 1.165) is 32.1 Å². The summed E-state index contributed by atoms with van der Waals surface area (Å²) in [7, 11) is 0. The molecule has 0 heterocycles. The monoisotopic (exact) mass is 162 g/mol. The Balaban J connectivity index is 0. The molecule has 0 amide bonds. The Bertz CT molecular complexity index is 73.7. The van der Waals surface area contributed by atoms with Gasteiger partial charge in [-0.25, -0.2) is 0 Å². The molecule has 0 bridgehead atoms. The van der Waals surface area contributed by atoms with Gasteiger partial charge in [0.25, 0.3) is 0 Å². The maximum absolute atomic E-state index is 6.71. The normalized spacial score (nSPS) is 8.00. The maximum Gasteiger partial charge on any atom is -0.00477 e. The molecule has 0 aromatic carbocycles. The van der Waals surface area contributed by atoms with Crippen LogP contribution in [0.4, 0.5) is 0 Å². The Kier molecular flexibility index (Phi) is 14.1. The molecule has 0 saturated heterocycles. The largest absolute Gasteiger partial charge is 0.313 e. The molecule has 0 spiro atoms. The zero-order chi connectivity index (χ0) is 6.95. The summed E-state index contributed by atoms with van der Waals surface area (Å²) >= 11 is 0. The molecule has 0 aliphatic heterocycles. The van der Waals surface area contributed by atoms with Gasteiger partial charge in [-0.2, -0.15) is 0 Å². The predicted molar refractivity (Wildman–Crippen MR) is 47.9 cm³/mol. The minimum absolute atomic E-state index is 0. The minimum atomic E-state index is 0. The van der Waals surface area contributed by atoms with E-state index < -0.39 is 0 Å². The molecular formula is C7H15ClN2. The Morgan fingerprint density at radius 2 is 1.20 bits per heavy atom. The van der Waals surface area contributed by atoms with Crippen LogP contribution in [0.2, 0.25) is 0 Å². The van der Waals surface area contributed by atoms with E-state index in [0.29, 0.717) is 0 Å². The van der Waals surface area contributed by atoms with Gasteiger partial charge in [-0.05, 0) is 38.1 Å². The molecule has 0 atom stereocenters. The van der Waals surface area contributed by atoms with Gasteiger partial charge >= 0.3 is 0 Å². The highest BCUT2D eigenvalue weighted by Crippen LogP contribution is 1.99. The number of hydrogen-bond acceptors (Lipinski definition) is 2. The number of unbranched alkanes of at least 4 members (excludes halogenated alkanes) is 4. The molecule has 0 rings (SSSR count). The molecule has 0 aromatic rings. The molecule has 0 aliphatic rings. The SMILES string of the molecule is Cl.N=CCCCCCC=N. The van der Waals surface area contributed by atoms with Crippen molar-refractivity contribution in [3.8, 4) is 0 Å². The molecule has 2 nitrogen and oxygen atoms in total. The molecule has 3 heteroatoms. The number of nitrogens with one attached hydrogen (secondary N) is 2. The average Bonchev–Trinajstić information content (AvgIpc) is 1.89. The molecule has 0 radical (unpaired) electrons. The van der Waals surface area contributed by atoms with Gasteiger partial charge in [-0.1, -0.05) is 6.42 Å². The van der Waals surface area contributed by atoms with Gasteiger partial charge in [-0.3, -0.25) is 0 Å². The molecule has 10 heavy (non-hydrogen) atoms. The van der Waals surface area contributed by atoms with Crippen LogP contribution in [0.1, 0.15) is 32.1 Å². The van der Waals surface area contributed by atoms with Gasteiger partial charge in [0.2, 0.25) is 0 Å². The van der Waals surface area contributed by atoms with Crippen molar-refractivity contribution in [2.45, 2.75) is 32.1 Å². The highest BCUT2D eigenvalue weighted by atomic mass is 35.5. The second-order valence-electron chi connectivity index (χ2n) is 2.05. The topological polar surface area (TPSA) is 47.7 Å². The van der Waals surface area contributed by atoms with Crippen LogP contribution in [0.25, 0.3) is 0 Å². The van der Waals surface area contributed by atoms with Crippen molar-refractivity contribution in [1.29, 1.82) is 10.8 Å². The van der Waals surface area contributed by atoms with Crippen LogP contribution >= 0.6 is 12.4 Å². The smallest absolute Gasteiger partial charge is 0.00477 e. The van der Waals surface area contributed by atoms with E-state index in [4.69, 9.17) is 10.8 Å². The summed E-state index contributed by atoms with van der Waals surface area (Å²) in [5.41, 5.74) is 0. The molecule has 0 saturated carbocycles. The first-order chi connectivity index (χ1) is 4.41. The van der Waals surface area contributed by atoms with Gasteiger partial charge < -0.3 is 10.8 Å². The molecule has 0 fully saturated rings. The molecule has 2 N–H and O–H groups in total. The van der Waals surface area contributed by atoms with Crippen molar-refractivity contribution in [2.75, 3.05) is 0 Å². The first-order valence-corrected chi connectivity index (χ1v) is 3.39. The van der Waals surface area contributed by atoms with Crippen LogP contribution in [0, 0.1) is 10.8 Å². The summed E-state index contributed by atoms with van der Waals surface area (Å²) in [5, 5.41) is 13.4. The maximum atomic E-state index is 6.71. The van der Waals surface area contributed by atoms with Crippen molar-refractivity contribution in [2.24, 2.45) is 0 Å². The van der Waals surface area contributed by atoms with Crippen LogP contribution in [-0.4, -0.2) is 12.4 Å². The zero-order valence-corrected chi connectivity index (χ0v) is 6.91. The lowest BCUT2D eigenvalue weighted by molar-refractivity contribution is 0.722. The number of rotatable bonds is 6. The number of hydrogen-bond donors (Lipinski definition) is 2. The number of halogens is 1. The lowest BCUT2D eigenvalue weighted by atomic mass is 10.2. The summed E-state index contributed by atoms with van der Waals surface area (Å²) in [5.74, 6) is 0. The van der Waals surface area contributed by atoms with E-state index >= 15 is 0 Å². The Labute approximate surface area is 68.5 Å². The highest BCUT2D eigenvalue weighted by molar-refractivity contribution is 5.85. The van der Waals surface area contributed by atoms with Crippen LogP contribution in [0.15, 0.2) is 0 Å². The van der Waals surface area contributed by atoms with E-state index in [2.05, 4.69) is 0 Å². The molecule has 60 valence electrons. The second-order valence-corrected chi connectivity index (χ2v) is 2.05. The van der Waals surface area contributed by atoms with Crippen molar-refractivity contribution in [1.82, 2.24) is 0 Å². The fourth-order valence-corrected chi connectivity index (χ4v) is 0.670. The quantitative estimate of drug-likeness (QED) is 0.446. The summed E-state index contributed by atoms with van der Waals surface area (Å²) in [6.45, 7) is 0.